The molecular formula is C14H24N4O. The standard InChI is InChI=1S/C14H24N4O/c1-4-6-9-18(10-7-8-10)14(19)13-12(15)11(5-2)16-17(13)3/h10H,4-9,15H2,1-3H3. The van der Waals surface area contributed by atoms with Crippen LogP contribution in [-0.4, -0.2) is 33.2 Å². The highest BCUT2D eigenvalue weighted by Gasteiger charge is 2.35. The van der Waals surface area contributed by atoms with Gasteiger partial charge in [0.2, 0.25) is 0 Å². The molecule has 0 spiro atoms. The monoisotopic (exact) mass is 264 g/mol. The number of amides is 1. The third kappa shape index (κ3) is 2.74. The number of nitrogen functional groups attached to an aromatic ring is 1. The summed E-state index contributed by atoms with van der Waals surface area (Å²) in [7, 11) is 1.80. The van der Waals surface area contributed by atoms with Crippen LogP contribution in [0.4, 0.5) is 5.69 Å². The van der Waals surface area contributed by atoms with Crippen molar-refractivity contribution in [2.24, 2.45) is 7.05 Å². The van der Waals surface area contributed by atoms with E-state index in [1.165, 1.54) is 0 Å². The van der Waals surface area contributed by atoms with Gasteiger partial charge in [0.25, 0.3) is 5.91 Å². The van der Waals surface area contributed by atoms with Crippen LogP contribution in [0.2, 0.25) is 0 Å². The summed E-state index contributed by atoms with van der Waals surface area (Å²) < 4.78 is 1.64. The Morgan fingerprint density at radius 2 is 2.16 bits per heavy atom. The van der Waals surface area contributed by atoms with Crippen LogP contribution < -0.4 is 5.73 Å². The summed E-state index contributed by atoms with van der Waals surface area (Å²) in [6, 6.07) is 0.415. The quantitative estimate of drug-likeness (QED) is 0.854. The predicted molar refractivity (Wildman–Crippen MR) is 76.0 cm³/mol. The number of hydrogen-bond donors (Lipinski definition) is 1. The van der Waals surface area contributed by atoms with E-state index in [0.29, 0.717) is 17.4 Å². The zero-order valence-corrected chi connectivity index (χ0v) is 12.1. The van der Waals surface area contributed by atoms with Gasteiger partial charge in [0.1, 0.15) is 5.69 Å². The van der Waals surface area contributed by atoms with Gasteiger partial charge in [-0.15, -0.1) is 0 Å². The van der Waals surface area contributed by atoms with Crippen LogP contribution in [0.25, 0.3) is 0 Å². The smallest absolute Gasteiger partial charge is 0.274 e. The molecule has 1 aliphatic carbocycles. The first kappa shape index (κ1) is 13.9. The lowest BCUT2D eigenvalue weighted by molar-refractivity contribution is 0.0730. The molecule has 1 aromatic heterocycles. The van der Waals surface area contributed by atoms with Gasteiger partial charge < -0.3 is 10.6 Å². The molecule has 5 heteroatoms. The molecule has 1 fully saturated rings. The minimum atomic E-state index is 0.0446. The number of aryl methyl sites for hydroxylation is 2. The fourth-order valence-corrected chi connectivity index (χ4v) is 2.41. The van der Waals surface area contributed by atoms with Crippen LogP contribution in [0.1, 0.15) is 55.7 Å². The Labute approximate surface area is 114 Å². The summed E-state index contributed by atoms with van der Waals surface area (Å²) in [5.74, 6) is 0.0446. The largest absolute Gasteiger partial charge is 0.395 e. The van der Waals surface area contributed by atoms with Crippen LogP contribution in [-0.2, 0) is 13.5 Å². The maximum Gasteiger partial charge on any atom is 0.274 e. The maximum atomic E-state index is 12.7. The van der Waals surface area contributed by atoms with Crippen molar-refractivity contribution in [2.45, 2.75) is 52.0 Å². The molecule has 0 aliphatic heterocycles. The Bertz CT molecular complexity index is 462. The number of unbranched alkanes of at least 4 members (excludes halogenated alkanes) is 1. The van der Waals surface area contributed by atoms with Crippen molar-refractivity contribution in [1.82, 2.24) is 14.7 Å². The molecule has 19 heavy (non-hydrogen) atoms. The SMILES string of the molecule is CCCCN(C(=O)c1c(N)c(CC)nn1C)C1CC1. The van der Waals surface area contributed by atoms with Crippen LogP contribution in [0, 0.1) is 0 Å². The van der Waals surface area contributed by atoms with E-state index in [-0.39, 0.29) is 5.91 Å². The van der Waals surface area contributed by atoms with E-state index in [9.17, 15) is 4.79 Å². The summed E-state index contributed by atoms with van der Waals surface area (Å²) in [6.45, 7) is 4.97. The first-order valence-electron chi connectivity index (χ1n) is 7.22. The lowest BCUT2D eigenvalue weighted by Crippen LogP contribution is -2.35. The van der Waals surface area contributed by atoms with Gasteiger partial charge in [0, 0.05) is 19.6 Å². The van der Waals surface area contributed by atoms with Gasteiger partial charge in [-0.25, -0.2) is 0 Å². The first-order valence-corrected chi connectivity index (χ1v) is 7.22. The Balaban J connectivity index is 2.23. The van der Waals surface area contributed by atoms with E-state index >= 15 is 0 Å². The van der Waals surface area contributed by atoms with Crippen LogP contribution in [0.3, 0.4) is 0 Å². The van der Waals surface area contributed by atoms with Crippen LogP contribution >= 0.6 is 0 Å². The minimum Gasteiger partial charge on any atom is -0.395 e. The molecule has 2 N–H and O–H groups in total. The predicted octanol–water partition coefficient (Wildman–Crippen LogP) is 1.97. The van der Waals surface area contributed by atoms with E-state index in [2.05, 4.69) is 12.0 Å². The zero-order chi connectivity index (χ0) is 14.0. The highest BCUT2D eigenvalue weighted by atomic mass is 16.2. The van der Waals surface area contributed by atoms with E-state index in [4.69, 9.17) is 5.73 Å². The summed E-state index contributed by atoms with van der Waals surface area (Å²) in [4.78, 5) is 14.7. The minimum absolute atomic E-state index is 0.0446. The normalized spacial score (nSPS) is 14.7. The third-order valence-electron chi connectivity index (χ3n) is 3.70. The number of rotatable bonds is 6. The van der Waals surface area contributed by atoms with Crippen molar-refractivity contribution in [1.29, 1.82) is 0 Å². The fourth-order valence-electron chi connectivity index (χ4n) is 2.41. The van der Waals surface area contributed by atoms with Gasteiger partial charge in [-0.2, -0.15) is 5.10 Å². The number of aromatic nitrogens is 2. The highest BCUT2D eigenvalue weighted by molar-refractivity contribution is 5.98. The van der Waals surface area contributed by atoms with Gasteiger partial charge in [0.15, 0.2) is 0 Å². The molecule has 1 saturated carbocycles. The number of carbonyl (C=O) groups is 1. The Morgan fingerprint density at radius 1 is 1.47 bits per heavy atom. The van der Waals surface area contributed by atoms with Gasteiger partial charge in [0.05, 0.1) is 11.4 Å². The van der Waals surface area contributed by atoms with Crippen molar-refractivity contribution >= 4 is 11.6 Å². The van der Waals surface area contributed by atoms with Crippen molar-refractivity contribution in [3.63, 3.8) is 0 Å². The number of anilines is 1. The molecule has 0 aromatic carbocycles. The summed E-state index contributed by atoms with van der Waals surface area (Å²) in [6.07, 6.45) is 5.13. The number of nitrogens with two attached hydrogens (primary N) is 1. The molecule has 1 amide bonds. The lowest BCUT2D eigenvalue weighted by atomic mass is 10.2. The van der Waals surface area contributed by atoms with Gasteiger partial charge >= 0.3 is 0 Å². The van der Waals surface area contributed by atoms with Crippen molar-refractivity contribution in [2.75, 3.05) is 12.3 Å². The van der Waals surface area contributed by atoms with Crippen molar-refractivity contribution < 1.29 is 4.79 Å². The van der Waals surface area contributed by atoms with Crippen LogP contribution in [0.5, 0.6) is 0 Å². The average Bonchev–Trinajstić information content (AvgIpc) is 3.16. The van der Waals surface area contributed by atoms with E-state index in [1.807, 2.05) is 11.8 Å². The van der Waals surface area contributed by atoms with Crippen LogP contribution in [0.15, 0.2) is 0 Å². The molecule has 0 bridgehead atoms. The Kier molecular flexibility index (Phi) is 4.12. The average molecular weight is 264 g/mol. The van der Waals surface area contributed by atoms with E-state index < -0.39 is 0 Å². The zero-order valence-electron chi connectivity index (χ0n) is 12.1. The second kappa shape index (κ2) is 5.63. The summed E-state index contributed by atoms with van der Waals surface area (Å²) >= 11 is 0. The molecule has 1 aromatic rings. The molecular weight excluding hydrogens is 240 g/mol. The fraction of sp³-hybridized carbons (Fsp3) is 0.714. The second-order valence-electron chi connectivity index (χ2n) is 5.27. The number of carbonyl (C=O) groups excluding carboxylic acids is 1. The molecule has 1 heterocycles. The first-order chi connectivity index (χ1) is 9.10. The molecule has 5 nitrogen and oxygen atoms in total. The van der Waals surface area contributed by atoms with Crippen molar-refractivity contribution in [3.8, 4) is 0 Å². The van der Waals surface area contributed by atoms with E-state index in [0.717, 1.165) is 44.3 Å². The number of nitrogens with zero attached hydrogens (tertiary/aromatic N) is 3. The molecule has 0 unspecified atom stereocenters. The number of hydrogen-bond acceptors (Lipinski definition) is 3. The van der Waals surface area contributed by atoms with Gasteiger partial charge in [-0.05, 0) is 25.7 Å². The maximum absolute atomic E-state index is 12.7. The Morgan fingerprint density at radius 3 is 2.63 bits per heavy atom. The molecule has 1 aliphatic rings. The second-order valence-corrected chi connectivity index (χ2v) is 5.27. The van der Waals surface area contributed by atoms with Gasteiger partial charge in [-0.3, -0.25) is 9.48 Å². The molecule has 2 rings (SSSR count). The Hall–Kier alpha value is -1.52. The van der Waals surface area contributed by atoms with E-state index in [1.54, 1.807) is 11.7 Å². The molecule has 0 atom stereocenters. The topological polar surface area (TPSA) is 64.2 Å². The summed E-state index contributed by atoms with van der Waals surface area (Å²) in [5.41, 5.74) is 8.00. The highest BCUT2D eigenvalue weighted by Crippen LogP contribution is 2.30. The van der Waals surface area contributed by atoms with Gasteiger partial charge in [-0.1, -0.05) is 20.3 Å². The molecule has 0 radical (unpaired) electrons. The third-order valence-corrected chi connectivity index (χ3v) is 3.70. The van der Waals surface area contributed by atoms with Crippen molar-refractivity contribution in [3.05, 3.63) is 11.4 Å². The lowest BCUT2D eigenvalue weighted by Gasteiger charge is -2.22. The molecule has 0 saturated heterocycles. The molecule has 106 valence electrons. The summed E-state index contributed by atoms with van der Waals surface area (Å²) in [5, 5.41) is 4.34.